The quantitative estimate of drug-likeness (QED) is 0.778. The van der Waals surface area contributed by atoms with Gasteiger partial charge in [-0.15, -0.1) is 24.5 Å². The lowest BCUT2D eigenvalue weighted by Gasteiger charge is -2.19. The minimum absolute atomic E-state index is 0.225. The zero-order chi connectivity index (χ0) is 13.8. The third-order valence-electron chi connectivity index (χ3n) is 2.44. The van der Waals surface area contributed by atoms with Crippen LogP contribution in [0.3, 0.4) is 0 Å². The van der Waals surface area contributed by atoms with Crippen molar-refractivity contribution < 1.29 is 8.42 Å². The van der Waals surface area contributed by atoms with E-state index in [0.29, 0.717) is 9.77 Å². The lowest BCUT2D eigenvalue weighted by molar-refractivity contribution is 0.473. The second kappa shape index (κ2) is 6.29. The van der Waals surface area contributed by atoms with Crippen LogP contribution < -0.4 is 5.73 Å². The first kappa shape index (κ1) is 15.1. The summed E-state index contributed by atoms with van der Waals surface area (Å²) >= 11 is 1.37. The van der Waals surface area contributed by atoms with Gasteiger partial charge in [0.05, 0.1) is 0 Å². The molecule has 0 spiro atoms. The van der Waals surface area contributed by atoms with Crippen LogP contribution in [0, 0.1) is 6.92 Å². The van der Waals surface area contributed by atoms with E-state index in [9.17, 15) is 8.42 Å². The Labute approximate surface area is 112 Å². The molecule has 1 aromatic heterocycles. The average molecular weight is 286 g/mol. The summed E-state index contributed by atoms with van der Waals surface area (Å²) in [6.07, 6.45) is 3.12. The van der Waals surface area contributed by atoms with E-state index in [4.69, 9.17) is 5.73 Å². The zero-order valence-electron chi connectivity index (χ0n) is 10.4. The van der Waals surface area contributed by atoms with Crippen LogP contribution >= 0.6 is 11.3 Å². The molecule has 6 heteroatoms. The molecule has 0 radical (unpaired) electrons. The van der Waals surface area contributed by atoms with Crippen LogP contribution in [0.4, 0.5) is 0 Å². The van der Waals surface area contributed by atoms with Crippen LogP contribution in [0.1, 0.15) is 10.4 Å². The first-order valence-corrected chi connectivity index (χ1v) is 7.80. The highest BCUT2D eigenvalue weighted by atomic mass is 32.2. The highest BCUT2D eigenvalue weighted by Gasteiger charge is 2.27. The fraction of sp³-hybridized carbons (Fsp3) is 0.333. The van der Waals surface area contributed by atoms with Gasteiger partial charge < -0.3 is 5.73 Å². The third-order valence-corrected chi connectivity index (χ3v) is 5.76. The van der Waals surface area contributed by atoms with Crippen molar-refractivity contribution in [3.8, 4) is 0 Å². The largest absolute Gasteiger partial charge is 0.326 e. The van der Waals surface area contributed by atoms with Gasteiger partial charge in [0.2, 0.25) is 10.0 Å². The van der Waals surface area contributed by atoms with Gasteiger partial charge in [-0.2, -0.15) is 4.31 Å². The number of hydrogen-bond acceptors (Lipinski definition) is 4. The van der Waals surface area contributed by atoms with Crippen molar-refractivity contribution in [3.63, 3.8) is 0 Å². The van der Waals surface area contributed by atoms with Gasteiger partial charge in [-0.1, -0.05) is 12.2 Å². The Morgan fingerprint density at radius 1 is 1.39 bits per heavy atom. The Hall–Kier alpha value is -0.950. The molecule has 4 nitrogen and oxygen atoms in total. The first-order valence-electron chi connectivity index (χ1n) is 5.48. The van der Waals surface area contributed by atoms with E-state index in [-0.39, 0.29) is 19.6 Å². The van der Waals surface area contributed by atoms with E-state index in [1.165, 1.54) is 15.6 Å². The maximum Gasteiger partial charge on any atom is 0.245 e. The van der Waals surface area contributed by atoms with Gasteiger partial charge in [-0.3, -0.25) is 0 Å². The average Bonchev–Trinajstić information content (AvgIpc) is 2.70. The normalized spacial score (nSPS) is 11.7. The summed E-state index contributed by atoms with van der Waals surface area (Å²) in [5.74, 6) is 0. The van der Waals surface area contributed by atoms with Crippen LogP contribution in [0.15, 0.2) is 35.6 Å². The Morgan fingerprint density at radius 3 is 2.39 bits per heavy atom. The zero-order valence-corrected chi connectivity index (χ0v) is 12.1. The van der Waals surface area contributed by atoms with E-state index >= 15 is 0 Å². The Kier molecular flexibility index (Phi) is 5.28. The fourth-order valence-electron chi connectivity index (χ4n) is 1.66. The van der Waals surface area contributed by atoms with Crippen LogP contribution in [0.5, 0.6) is 0 Å². The van der Waals surface area contributed by atoms with Crippen molar-refractivity contribution in [3.05, 3.63) is 41.1 Å². The number of nitrogens with zero attached hydrogens (tertiary/aromatic N) is 1. The third kappa shape index (κ3) is 2.89. The molecule has 0 aliphatic carbocycles. The van der Waals surface area contributed by atoms with Crippen molar-refractivity contribution in [1.82, 2.24) is 4.31 Å². The standard InChI is InChI=1S/C12H18N2O2S2/c1-4-6-14(7-5-2)18(15,16)12-10(3)9-17-11(12)8-13/h4-5,9H,1-2,6-8,13H2,3H3. The van der Waals surface area contributed by atoms with E-state index in [1.54, 1.807) is 19.1 Å². The first-order chi connectivity index (χ1) is 8.48. The Bertz CT molecular complexity index is 522. The molecule has 100 valence electrons. The lowest BCUT2D eigenvalue weighted by atomic mass is 10.3. The molecule has 0 atom stereocenters. The minimum Gasteiger partial charge on any atom is -0.326 e. The number of sulfonamides is 1. The second-order valence-electron chi connectivity index (χ2n) is 3.77. The fourth-order valence-corrected chi connectivity index (χ4v) is 4.70. The maximum absolute atomic E-state index is 12.6. The molecule has 1 aromatic rings. The SMILES string of the molecule is C=CCN(CC=C)S(=O)(=O)c1c(C)csc1CN. The second-order valence-corrected chi connectivity index (χ2v) is 6.61. The predicted molar refractivity (Wildman–Crippen MR) is 76.1 cm³/mol. The van der Waals surface area contributed by atoms with E-state index in [1.807, 2.05) is 5.38 Å². The predicted octanol–water partition coefficient (Wildman–Crippen LogP) is 1.88. The number of nitrogens with two attached hydrogens (primary N) is 1. The minimum atomic E-state index is -3.53. The molecule has 0 aromatic carbocycles. The molecular weight excluding hydrogens is 268 g/mol. The van der Waals surface area contributed by atoms with Gasteiger partial charge in [0.1, 0.15) is 4.90 Å². The highest BCUT2D eigenvalue weighted by Crippen LogP contribution is 2.29. The van der Waals surface area contributed by atoms with Gasteiger partial charge in [0, 0.05) is 24.5 Å². The molecule has 1 rings (SSSR count). The van der Waals surface area contributed by atoms with Crippen molar-refractivity contribution in [2.24, 2.45) is 5.73 Å². The van der Waals surface area contributed by atoms with Gasteiger partial charge in [0.15, 0.2) is 0 Å². The van der Waals surface area contributed by atoms with Crippen LogP contribution in [-0.4, -0.2) is 25.8 Å². The summed E-state index contributed by atoms with van der Waals surface area (Å²) in [5, 5.41) is 1.81. The van der Waals surface area contributed by atoms with Crippen molar-refractivity contribution >= 4 is 21.4 Å². The molecule has 1 heterocycles. The number of rotatable bonds is 7. The molecule has 0 saturated carbocycles. The summed E-state index contributed by atoms with van der Waals surface area (Å²) in [5.41, 5.74) is 6.33. The van der Waals surface area contributed by atoms with E-state index in [0.717, 1.165) is 5.56 Å². The molecule has 2 N–H and O–H groups in total. The Balaban J connectivity index is 3.29. The molecule has 0 amide bonds. The molecule has 0 aliphatic rings. The number of aryl methyl sites for hydroxylation is 1. The molecule has 18 heavy (non-hydrogen) atoms. The van der Waals surface area contributed by atoms with Gasteiger partial charge in [0.25, 0.3) is 0 Å². The van der Waals surface area contributed by atoms with Gasteiger partial charge in [-0.25, -0.2) is 8.42 Å². The molecular formula is C12H18N2O2S2. The van der Waals surface area contributed by atoms with E-state index in [2.05, 4.69) is 13.2 Å². The van der Waals surface area contributed by atoms with Crippen molar-refractivity contribution in [2.45, 2.75) is 18.4 Å². The summed E-state index contributed by atoms with van der Waals surface area (Å²) in [7, 11) is -3.53. The number of hydrogen-bond donors (Lipinski definition) is 1. The summed E-state index contributed by atoms with van der Waals surface area (Å²) in [4.78, 5) is 1.02. The summed E-state index contributed by atoms with van der Waals surface area (Å²) in [6.45, 7) is 9.68. The van der Waals surface area contributed by atoms with Crippen LogP contribution in [-0.2, 0) is 16.6 Å². The van der Waals surface area contributed by atoms with Crippen LogP contribution in [0.25, 0.3) is 0 Å². The summed E-state index contributed by atoms with van der Waals surface area (Å²) in [6, 6.07) is 0. The van der Waals surface area contributed by atoms with E-state index < -0.39 is 10.0 Å². The molecule has 0 saturated heterocycles. The van der Waals surface area contributed by atoms with Crippen LogP contribution in [0.2, 0.25) is 0 Å². The lowest BCUT2D eigenvalue weighted by Crippen LogP contribution is -2.32. The number of thiophene rings is 1. The molecule has 0 aliphatic heterocycles. The summed E-state index contributed by atoms with van der Waals surface area (Å²) < 4.78 is 26.4. The molecule has 0 unspecified atom stereocenters. The highest BCUT2D eigenvalue weighted by molar-refractivity contribution is 7.89. The Morgan fingerprint density at radius 2 is 1.94 bits per heavy atom. The topological polar surface area (TPSA) is 63.4 Å². The van der Waals surface area contributed by atoms with Gasteiger partial charge >= 0.3 is 0 Å². The molecule has 0 fully saturated rings. The maximum atomic E-state index is 12.6. The van der Waals surface area contributed by atoms with Crippen molar-refractivity contribution in [1.29, 1.82) is 0 Å². The molecule has 0 bridgehead atoms. The van der Waals surface area contributed by atoms with Crippen molar-refractivity contribution in [2.75, 3.05) is 13.1 Å². The smallest absolute Gasteiger partial charge is 0.245 e. The monoisotopic (exact) mass is 286 g/mol. The van der Waals surface area contributed by atoms with Gasteiger partial charge in [-0.05, 0) is 17.9 Å².